The van der Waals surface area contributed by atoms with Gasteiger partial charge in [0.1, 0.15) is 5.75 Å². The van der Waals surface area contributed by atoms with Gasteiger partial charge in [0.15, 0.2) is 0 Å². The Morgan fingerprint density at radius 1 is 1.24 bits per heavy atom. The van der Waals surface area contributed by atoms with E-state index >= 15 is 0 Å². The largest absolute Gasteiger partial charge is 0.496 e. The third kappa shape index (κ3) is 3.97. The van der Waals surface area contributed by atoms with Crippen LogP contribution in [0.1, 0.15) is 55.3 Å². The third-order valence-corrected chi connectivity index (χ3v) is 5.00. The number of hydrogen-bond donors (Lipinski definition) is 1. The van der Waals surface area contributed by atoms with Gasteiger partial charge in [0.2, 0.25) is 0 Å². The number of hydrogen-bond acceptors (Lipinski definition) is 3. The molecule has 2 rings (SSSR count). The fraction of sp³-hybridized carbons (Fsp3) is 0.722. The standard InChI is InChI=1S/C18H30N2O/c1-13-12-20-16(14(2)18(13)21-4)11-17(19-3)15-9-7-5-6-8-10-15/h12,15,17,19H,5-11H2,1-4H3. The lowest BCUT2D eigenvalue weighted by Gasteiger charge is -2.26. The lowest BCUT2D eigenvalue weighted by atomic mass is 9.88. The van der Waals surface area contributed by atoms with E-state index in [2.05, 4.69) is 31.2 Å². The van der Waals surface area contributed by atoms with Crippen LogP contribution in [0.4, 0.5) is 0 Å². The maximum absolute atomic E-state index is 5.54. The van der Waals surface area contributed by atoms with Crippen molar-refractivity contribution in [3.63, 3.8) is 0 Å². The Morgan fingerprint density at radius 3 is 2.48 bits per heavy atom. The Bertz CT molecular complexity index is 451. The van der Waals surface area contributed by atoms with Gasteiger partial charge in [-0.3, -0.25) is 4.98 Å². The van der Waals surface area contributed by atoms with E-state index < -0.39 is 0 Å². The van der Waals surface area contributed by atoms with E-state index in [1.807, 2.05) is 6.20 Å². The van der Waals surface area contributed by atoms with Crippen molar-refractivity contribution in [2.24, 2.45) is 5.92 Å². The van der Waals surface area contributed by atoms with Crippen molar-refractivity contribution in [1.29, 1.82) is 0 Å². The molecule has 3 heteroatoms. The van der Waals surface area contributed by atoms with Crippen molar-refractivity contribution in [3.05, 3.63) is 23.0 Å². The predicted octanol–water partition coefficient (Wildman–Crippen LogP) is 3.81. The first-order chi connectivity index (χ1) is 10.2. The molecule has 118 valence electrons. The molecule has 1 aliphatic rings. The second-order valence-electron chi connectivity index (χ2n) is 6.40. The van der Waals surface area contributed by atoms with Crippen LogP contribution in [0.15, 0.2) is 6.20 Å². The molecule has 1 heterocycles. The molecule has 0 radical (unpaired) electrons. The van der Waals surface area contributed by atoms with E-state index in [1.54, 1.807) is 7.11 Å². The summed E-state index contributed by atoms with van der Waals surface area (Å²) in [6.45, 7) is 4.19. The number of likely N-dealkylation sites (N-methyl/N-ethyl adjacent to an activating group) is 1. The molecule has 1 N–H and O–H groups in total. The van der Waals surface area contributed by atoms with Gasteiger partial charge in [0.05, 0.1) is 7.11 Å². The van der Waals surface area contributed by atoms with Crippen molar-refractivity contribution in [1.82, 2.24) is 10.3 Å². The van der Waals surface area contributed by atoms with Crippen LogP contribution in [0.5, 0.6) is 5.75 Å². The van der Waals surface area contributed by atoms with Crippen LogP contribution in [-0.4, -0.2) is 25.2 Å². The highest BCUT2D eigenvalue weighted by Gasteiger charge is 2.23. The monoisotopic (exact) mass is 290 g/mol. The maximum atomic E-state index is 5.54. The van der Waals surface area contributed by atoms with Gasteiger partial charge in [-0.15, -0.1) is 0 Å². The van der Waals surface area contributed by atoms with E-state index in [1.165, 1.54) is 49.8 Å². The van der Waals surface area contributed by atoms with Crippen molar-refractivity contribution < 1.29 is 4.74 Å². The fourth-order valence-electron chi connectivity index (χ4n) is 3.70. The Labute approximate surface area is 129 Å². The van der Waals surface area contributed by atoms with E-state index in [9.17, 15) is 0 Å². The zero-order valence-electron chi connectivity index (χ0n) is 14.0. The number of nitrogens with zero attached hydrogens (tertiary/aromatic N) is 1. The minimum absolute atomic E-state index is 0.529. The summed E-state index contributed by atoms with van der Waals surface area (Å²) >= 11 is 0. The van der Waals surface area contributed by atoms with Gasteiger partial charge in [-0.25, -0.2) is 0 Å². The summed E-state index contributed by atoms with van der Waals surface area (Å²) in [5, 5.41) is 3.55. The average molecular weight is 290 g/mol. The first-order valence-electron chi connectivity index (χ1n) is 8.33. The predicted molar refractivity (Wildman–Crippen MR) is 88.0 cm³/mol. The van der Waals surface area contributed by atoms with Crippen molar-refractivity contribution in [2.75, 3.05) is 14.2 Å². The lowest BCUT2D eigenvalue weighted by molar-refractivity contribution is 0.329. The van der Waals surface area contributed by atoms with Crippen LogP contribution in [0.2, 0.25) is 0 Å². The Morgan fingerprint density at radius 2 is 1.90 bits per heavy atom. The summed E-state index contributed by atoms with van der Waals surface area (Å²) in [5.41, 5.74) is 3.50. The average Bonchev–Trinajstić information content (AvgIpc) is 2.76. The molecule has 1 aromatic heterocycles. The number of methoxy groups -OCH3 is 1. The molecule has 0 amide bonds. The van der Waals surface area contributed by atoms with E-state index in [0.29, 0.717) is 6.04 Å². The molecule has 0 aromatic carbocycles. The number of rotatable bonds is 5. The molecular formula is C18H30N2O. The van der Waals surface area contributed by atoms with Crippen LogP contribution >= 0.6 is 0 Å². The van der Waals surface area contributed by atoms with Gasteiger partial charge in [0, 0.05) is 35.5 Å². The number of aryl methyl sites for hydroxylation is 1. The molecule has 1 fully saturated rings. The Hall–Kier alpha value is -1.09. The number of nitrogens with one attached hydrogen (secondary N) is 1. The van der Waals surface area contributed by atoms with Crippen LogP contribution < -0.4 is 10.1 Å². The highest BCUT2D eigenvalue weighted by molar-refractivity contribution is 5.41. The second-order valence-corrected chi connectivity index (χ2v) is 6.40. The summed E-state index contributed by atoms with van der Waals surface area (Å²) in [4.78, 5) is 4.67. The molecule has 1 aromatic rings. The molecule has 0 spiro atoms. The lowest BCUT2D eigenvalue weighted by Crippen LogP contribution is -2.36. The van der Waals surface area contributed by atoms with Gasteiger partial charge in [-0.05, 0) is 39.7 Å². The van der Waals surface area contributed by atoms with E-state index in [-0.39, 0.29) is 0 Å². The molecule has 3 nitrogen and oxygen atoms in total. The highest BCUT2D eigenvalue weighted by atomic mass is 16.5. The van der Waals surface area contributed by atoms with Crippen molar-refractivity contribution in [3.8, 4) is 5.75 Å². The summed E-state index contributed by atoms with van der Waals surface area (Å²) in [7, 11) is 3.84. The maximum Gasteiger partial charge on any atom is 0.128 e. The van der Waals surface area contributed by atoms with Gasteiger partial charge in [0.25, 0.3) is 0 Å². The molecule has 1 aliphatic carbocycles. The van der Waals surface area contributed by atoms with Crippen LogP contribution in [-0.2, 0) is 6.42 Å². The quantitative estimate of drug-likeness (QED) is 0.837. The molecule has 0 bridgehead atoms. The van der Waals surface area contributed by atoms with Crippen LogP contribution in [0.25, 0.3) is 0 Å². The molecule has 1 unspecified atom stereocenters. The molecule has 0 saturated heterocycles. The SMILES string of the molecule is CNC(Cc1ncc(C)c(OC)c1C)C1CCCCCC1. The summed E-state index contributed by atoms with van der Waals surface area (Å²) < 4.78 is 5.54. The van der Waals surface area contributed by atoms with Crippen molar-refractivity contribution >= 4 is 0 Å². The molecule has 21 heavy (non-hydrogen) atoms. The molecule has 1 atom stereocenters. The first kappa shape index (κ1) is 16.3. The number of ether oxygens (including phenoxy) is 1. The third-order valence-electron chi connectivity index (χ3n) is 5.00. The molecule has 1 saturated carbocycles. The normalized spacial score (nSPS) is 18.3. The number of aromatic nitrogens is 1. The Balaban J connectivity index is 2.14. The summed E-state index contributed by atoms with van der Waals surface area (Å²) in [5.74, 6) is 1.78. The molecular weight excluding hydrogens is 260 g/mol. The van der Waals surface area contributed by atoms with Crippen LogP contribution in [0, 0.1) is 19.8 Å². The minimum Gasteiger partial charge on any atom is -0.496 e. The van der Waals surface area contributed by atoms with E-state index in [0.717, 1.165) is 23.7 Å². The van der Waals surface area contributed by atoms with Gasteiger partial charge < -0.3 is 10.1 Å². The fourth-order valence-corrected chi connectivity index (χ4v) is 3.70. The van der Waals surface area contributed by atoms with E-state index in [4.69, 9.17) is 4.74 Å². The summed E-state index contributed by atoms with van der Waals surface area (Å²) in [6, 6.07) is 0.529. The van der Waals surface area contributed by atoms with Gasteiger partial charge >= 0.3 is 0 Å². The van der Waals surface area contributed by atoms with Crippen LogP contribution in [0.3, 0.4) is 0 Å². The smallest absolute Gasteiger partial charge is 0.128 e. The second kappa shape index (κ2) is 7.79. The minimum atomic E-state index is 0.529. The van der Waals surface area contributed by atoms with Crippen molar-refractivity contribution in [2.45, 2.75) is 64.8 Å². The topological polar surface area (TPSA) is 34.2 Å². The number of pyridine rings is 1. The Kier molecular flexibility index (Phi) is 6.04. The van der Waals surface area contributed by atoms with Gasteiger partial charge in [-0.1, -0.05) is 25.7 Å². The zero-order chi connectivity index (χ0) is 15.2. The van der Waals surface area contributed by atoms with Gasteiger partial charge in [-0.2, -0.15) is 0 Å². The highest BCUT2D eigenvalue weighted by Crippen LogP contribution is 2.29. The summed E-state index contributed by atoms with van der Waals surface area (Å²) in [6.07, 6.45) is 11.2. The zero-order valence-corrected chi connectivity index (χ0v) is 14.0. The molecule has 0 aliphatic heterocycles. The first-order valence-corrected chi connectivity index (χ1v) is 8.33.